The van der Waals surface area contributed by atoms with Crippen LogP contribution in [0.3, 0.4) is 0 Å². The molecular formula is C15H5F5N2O2. The van der Waals surface area contributed by atoms with E-state index in [-0.39, 0.29) is 11.3 Å². The number of nitro benzene ring substituents is 1. The molecule has 24 heavy (non-hydrogen) atoms. The molecule has 2 aromatic carbocycles. The molecule has 4 nitrogen and oxygen atoms in total. The highest BCUT2D eigenvalue weighted by atomic mass is 19.2. The lowest BCUT2D eigenvalue weighted by atomic mass is 10.0. The standard InChI is InChI=1S/C15H5F5N2O2/c16-11-10(12(17)14(19)15(20)13(11)18)5-8(6-21)7-1-3-9(4-2-7)22(23)24/h1-5H/b8-5+. The van der Waals surface area contributed by atoms with Crippen LogP contribution in [0, 0.1) is 50.5 Å². The van der Waals surface area contributed by atoms with Crippen LogP contribution in [0.1, 0.15) is 11.1 Å². The monoisotopic (exact) mass is 340 g/mol. The summed E-state index contributed by atoms with van der Waals surface area (Å²) in [5, 5.41) is 19.6. The van der Waals surface area contributed by atoms with Gasteiger partial charge >= 0.3 is 0 Å². The second-order valence-corrected chi connectivity index (χ2v) is 4.46. The summed E-state index contributed by atoms with van der Waals surface area (Å²) in [5.74, 6) is -10.7. The molecule has 0 aliphatic rings. The Balaban J connectivity index is 2.60. The Labute approximate surface area is 131 Å². The molecule has 0 amide bonds. The Morgan fingerprint density at radius 3 is 1.83 bits per heavy atom. The van der Waals surface area contributed by atoms with Crippen molar-refractivity contribution in [3.63, 3.8) is 0 Å². The van der Waals surface area contributed by atoms with Gasteiger partial charge in [-0.1, -0.05) is 0 Å². The van der Waals surface area contributed by atoms with Crippen LogP contribution in [0.2, 0.25) is 0 Å². The fourth-order valence-corrected chi connectivity index (χ4v) is 1.84. The van der Waals surface area contributed by atoms with Gasteiger partial charge in [0.05, 0.1) is 22.1 Å². The molecule has 0 radical (unpaired) electrons. The predicted octanol–water partition coefficient (Wildman–Crippen LogP) is 4.35. The topological polar surface area (TPSA) is 66.9 Å². The first-order valence-electron chi connectivity index (χ1n) is 6.16. The zero-order valence-corrected chi connectivity index (χ0v) is 11.5. The van der Waals surface area contributed by atoms with E-state index in [1.165, 1.54) is 0 Å². The Morgan fingerprint density at radius 1 is 0.958 bits per heavy atom. The van der Waals surface area contributed by atoms with Gasteiger partial charge < -0.3 is 0 Å². The minimum Gasteiger partial charge on any atom is -0.258 e. The van der Waals surface area contributed by atoms with E-state index < -0.39 is 45.1 Å². The van der Waals surface area contributed by atoms with E-state index in [0.29, 0.717) is 6.08 Å². The van der Waals surface area contributed by atoms with Crippen LogP contribution in [-0.2, 0) is 0 Å². The number of halogens is 5. The Kier molecular flexibility index (Phi) is 4.59. The molecule has 9 heteroatoms. The minimum atomic E-state index is -2.31. The summed E-state index contributed by atoms with van der Waals surface area (Å²) in [6.45, 7) is 0. The van der Waals surface area contributed by atoms with Crippen LogP contribution in [-0.4, -0.2) is 4.92 Å². The maximum Gasteiger partial charge on any atom is 0.269 e. The van der Waals surface area contributed by atoms with Crippen molar-refractivity contribution in [3.8, 4) is 6.07 Å². The summed E-state index contributed by atoms with van der Waals surface area (Å²) in [6.07, 6.45) is 0.484. The number of hydrogen-bond acceptors (Lipinski definition) is 3. The first kappa shape index (κ1) is 17.1. The third kappa shape index (κ3) is 2.94. The average Bonchev–Trinajstić information content (AvgIpc) is 2.58. The van der Waals surface area contributed by atoms with E-state index in [2.05, 4.69) is 0 Å². The molecule has 0 saturated carbocycles. The van der Waals surface area contributed by atoms with Gasteiger partial charge in [-0.05, 0) is 23.8 Å². The van der Waals surface area contributed by atoms with Gasteiger partial charge in [0.1, 0.15) is 0 Å². The van der Waals surface area contributed by atoms with E-state index in [1.54, 1.807) is 6.07 Å². The van der Waals surface area contributed by atoms with Crippen molar-refractivity contribution >= 4 is 17.3 Å². The maximum atomic E-state index is 13.6. The Bertz CT molecular complexity index is 873. The molecule has 122 valence electrons. The molecule has 2 aromatic rings. The summed E-state index contributed by atoms with van der Waals surface area (Å²) in [5.41, 5.74) is -2.01. The molecular weight excluding hydrogens is 335 g/mol. The van der Waals surface area contributed by atoms with Crippen LogP contribution in [0.4, 0.5) is 27.6 Å². The molecule has 0 fully saturated rings. The van der Waals surface area contributed by atoms with Crippen molar-refractivity contribution in [3.05, 3.63) is 74.6 Å². The lowest BCUT2D eigenvalue weighted by molar-refractivity contribution is -0.384. The van der Waals surface area contributed by atoms with E-state index in [4.69, 9.17) is 5.26 Å². The fourth-order valence-electron chi connectivity index (χ4n) is 1.84. The summed E-state index contributed by atoms with van der Waals surface area (Å²) in [7, 11) is 0. The lowest BCUT2D eigenvalue weighted by Gasteiger charge is -2.05. The molecule has 0 saturated heterocycles. The normalized spacial score (nSPS) is 11.2. The number of non-ortho nitro benzene ring substituents is 1. The van der Waals surface area contributed by atoms with Gasteiger partial charge in [0.15, 0.2) is 23.3 Å². The molecule has 0 N–H and O–H groups in total. The fraction of sp³-hybridized carbons (Fsp3) is 0. The van der Waals surface area contributed by atoms with Crippen molar-refractivity contribution in [2.45, 2.75) is 0 Å². The van der Waals surface area contributed by atoms with Crippen LogP contribution in [0.25, 0.3) is 11.6 Å². The van der Waals surface area contributed by atoms with Crippen molar-refractivity contribution in [2.24, 2.45) is 0 Å². The second kappa shape index (κ2) is 6.45. The number of rotatable bonds is 3. The first-order valence-corrected chi connectivity index (χ1v) is 6.16. The van der Waals surface area contributed by atoms with Gasteiger partial charge in [0.25, 0.3) is 5.69 Å². The third-order valence-corrected chi connectivity index (χ3v) is 3.04. The Hall–Kier alpha value is -3.28. The first-order chi connectivity index (χ1) is 11.3. The molecule has 0 bridgehead atoms. The third-order valence-electron chi connectivity index (χ3n) is 3.04. The maximum absolute atomic E-state index is 13.6. The predicted molar refractivity (Wildman–Crippen MR) is 72.8 cm³/mol. The summed E-state index contributed by atoms with van der Waals surface area (Å²) < 4.78 is 66.5. The molecule has 0 spiro atoms. The highest BCUT2D eigenvalue weighted by Gasteiger charge is 2.25. The largest absolute Gasteiger partial charge is 0.269 e. The minimum absolute atomic E-state index is 0.00652. The van der Waals surface area contributed by atoms with E-state index in [9.17, 15) is 32.1 Å². The SMILES string of the molecule is N#C/C(=C\c1c(F)c(F)c(F)c(F)c1F)c1ccc([N+](=O)[O-])cc1. The highest BCUT2D eigenvalue weighted by molar-refractivity contribution is 5.90. The molecule has 0 aromatic heterocycles. The summed E-state index contributed by atoms with van der Waals surface area (Å²) in [4.78, 5) is 9.84. The van der Waals surface area contributed by atoms with Gasteiger partial charge in [-0.2, -0.15) is 5.26 Å². The van der Waals surface area contributed by atoms with Gasteiger partial charge in [0, 0.05) is 12.1 Å². The average molecular weight is 340 g/mol. The van der Waals surface area contributed by atoms with Crippen LogP contribution < -0.4 is 0 Å². The van der Waals surface area contributed by atoms with E-state index >= 15 is 0 Å². The number of allylic oxidation sites excluding steroid dienone is 1. The molecule has 0 atom stereocenters. The zero-order valence-electron chi connectivity index (χ0n) is 11.5. The van der Waals surface area contributed by atoms with Crippen LogP contribution >= 0.6 is 0 Å². The van der Waals surface area contributed by atoms with Crippen molar-refractivity contribution in [1.29, 1.82) is 5.26 Å². The van der Waals surface area contributed by atoms with Crippen molar-refractivity contribution in [1.82, 2.24) is 0 Å². The van der Waals surface area contributed by atoms with Gasteiger partial charge in [-0.3, -0.25) is 10.1 Å². The molecule has 2 rings (SSSR count). The second-order valence-electron chi connectivity index (χ2n) is 4.46. The van der Waals surface area contributed by atoms with Gasteiger partial charge in [-0.15, -0.1) is 0 Å². The number of hydrogen-bond donors (Lipinski definition) is 0. The highest BCUT2D eigenvalue weighted by Crippen LogP contribution is 2.27. The lowest BCUT2D eigenvalue weighted by Crippen LogP contribution is -2.04. The van der Waals surface area contributed by atoms with Crippen molar-refractivity contribution < 1.29 is 26.9 Å². The zero-order chi connectivity index (χ0) is 18.0. The molecule has 0 aliphatic heterocycles. The van der Waals surface area contributed by atoms with E-state index in [0.717, 1.165) is 24.3 Å². The molecule has 0 unspecified atom stereocenters. The summed E-state index contributed by atoms with van der Waals surface area (Å²) in [6, 6.07) is 5.82. The molecule has 0 aliphatic carbocycles. The number of nitro groups is 1. The van der Waals surface area contributed by atoms with Crippen molar-refractivity contribution in [2.75, 3.05) is 0 Å². The summed E-state index contributed by atoms with van der Waals surface area (Å²) >= 11 is 0. The number of benzene rings is 2. The Morgan fingerprint density at radius 2 is 1.42 bits per heavy atom. The van der Waals surface area contributed by atoms with Gasteiger partial charge in [-0.25, -0.2) is 22.0 Å². The quantitative estimate of drug-likeness (QED) is 0.159. The number of nitriles is 1. The van der Waals surface area contributed by atoms with Crippen LogP contribution in [0.5, 0.6) is 0 Å². The molecule has 0 heterocycles. The van der Waals surface area contributed by atoms with Crippen LogP contribution in [0.15, 0.2) is 24.3 Å². The number of nitrogens with zero attached hydrogens (tertiary/aromatic N) is 2. The smallest absolute Gasteiger partial charge is 0.258 e. The van der Waals surface area contributed by atoms with E-state index in [1.807, 2.05) is 0 Å². The van der Waals surface area contributed by atoms with Gasteiger partial charge in [0.2, 0.25) is 5.82 Å².